The third-order valence-corrected chi connectivity index (χ3v) is 4.77. The van der Waals surface area contributed by atoms with E-state index in [1.807, 2.05) is 0 Å². The van der Waals surface area contributed by atoms with E-state index >= 15 is 0 Å². The number of rotatable bonds is 2. The number of nitrogens with zero attached hydrogens (tertiary/aromatic N) is 2. The lowest BCUT2D eigenvalue weighted by atomic mass is 10.1. The highest BCUT2D eigenvalue weighted by molar-refractivity contribution is 6.30. The molecule has 0 fully saturated rings. The van der Waals surface area contributed by atoms with Crippen LogP contribution in [0.3, 0.4) is 0 Å². The van der Waals surface area contributed by atoms with Crippen molar-refractivity contribution in [2.45, 2.75) is 0 Å². The Labute approximate surface area is 157 Å². The van der Waals surface area contributed by atoms with Gasteiger partial charge < -0.3 is 14.9 Å². The number of benzene rings is 2. The zero-order valence-corrected chi connectivity index (χ0v) is 15.2. The predicted octanol–water partition coefficient (Wildman–Crippen LogP) is 3.23. The maximum Gasteiger partial charge on any atom is 0.256 e. The van der Waals surface area contributed by atoms with Gasteiger partial charge in [-0.25, -0.2) is 9.37 Å². The first kappa shape index (κ1) is 17.2. The number of hydrogen-bond acceptors (Lipinski definition) is 3. The predicted molar refractivity (Wildman–Crippen MR) is 103 cm³/mol. The maximum absolute atomic E-state index is 14.8. The first-order valence-corrected chi connectivity index (χ1v) is 8.48. The molecule has 2 N–H and O–H groups in total. The Kier molecular flexibility index (Phi) is 3.96. The summed E-state index contributed by atoms with van der Waals surface area (Å²) in [4.78, 5) is 31.9. The standard InChI is InChI=1S/C19H14ClFN4O2/c1-22-19(27)12-8-23-14-11(17(12)26)7-13(21)16-15(14)24-18(25(16)2)9-3-5-10(20)6-4-9/h3-8H,1-2H3,(H,22,27)(H,23,26). The van der Waals surface area contributed by atoms with E-state index in [-0.39, 0.29) is 16.5 Å². The van der Waals surface area contributed by atoms with Gasteiger partial charge in [-0.2, -0.15) is 0 Å². The molecule has 6 nitrogen and oxygen atoms in total. The van der Waals surface area contributed by atoms with Crippen LogP contribution in [0.5, 0.6) is 0 Å². The first-order chi connectivity index (χ1) is 12.9. The van der Waals surface area contributed by atoms with Gasteiger partial charge in [-0.3, -0.25) is 9.59 Å². The summed E-state index contributed by atoms with van der Waals surface area (Å²) in [5.74, 6) is -0.599. The topological polar surface area (TPSA) is 79.8 Å². The summed E-state index contributed by atoms with van der Waals surface area (Å²) in [6.45, 7) is 0. The quantitative estimate of drug-likeness (QED) is 0.557. The minimum atomic E-state index is -0.590. The summed E-state index contributed by atoms with van der Waals surface area (Å²) >= 11 is 5.93. The molecular weight excluding hydrogens is 371 g/mol. The van der Waals surface area contributed by atoms with Crippen LogP contribution in [0.15, 0.2) is 41.3 Å². The molecular formula is C19H14ClFN4O2. The molecule has 0 aliphatic carbocycles. The molecule has 0 spiro atoms. The molecule has 2 aromatic carbocycles. The Morgan fingerprint density at radius 2 is 2.00 bits per heavy atom. The van der Waals surface area contributed by atoms with Crippen LogP contribution in [0.25, 0.3) is 33.3 Å². The van der Waals surface area contributed by atoms with Crippen LogP contribution >= 0.6 is 11.6 Å². The molecule has 0 atom stereocenters. The molecule has 0 radical (unpaired) electrons. The fourth-order valence-corrected chi connectivity index (χ4v) is 3.31. The number of aryl methyl sites for hydroxylation is 1. The van der Waals surface area contributed by atoms with Gasteiger partial charge in [0.15, 0.2) is 0 Å². The second-order valence-electron chi connectivity index (χ2n) is 6.09. The summed E-state index contributed by atoms with van der Waals surface area (Å²) in [7, 11) is 3.12. The summed E-state index contributed by atoms with van der Waals surface area (Å²) < 4.78 is 16.5. The van der Waals surface area contributed by atoms with Gasteiger partial charge in [0.1, 0.15) is 28.2 Å². The lowest BCUT2D eigenvalue weighted by molar-refractivity contribution is 0.0962. The van der Waals surface area contributed by atoms with Gasteiger partial charge in [0.2, 0.25) is 5.43 Å². The number of H-pyrrole nitrogens is 1. The van der Waals surface area contributed by atoms with E-state index in [0.717, 1.165) is 11.6 Å². The van der Waals surface area contributed by atoms with E-state index in [4.69, 9.17) is 11.6 Å². The Hall–Kier alpha value is -3.19. The van der Waals surface area contributed by atoms with E-state index in [9.17, 15) is 14.0 Å². The third-order valence-electron chi connectivity index (χ3n) is 4.52. The van der Waals surface area contributed by atoms with E-state index in [1.165, 1.54) is 13.2 Å². The van der Waals surface area contributed by atoms with Crippen LogP contribution < -0.4 is 10.7 Å². The zero-order valence-electron chi connectivity index (χ0n) is 14.4. The number of aromatic nitrogens is 3. The van der Waals surface area contributed by atoms with Crippen molar-refractivity contribution in [3.63, 3.8) is 0 Å². The van der Waals surface area contributed by atoms with E-state index in [2.05, 4.69) is 15.3 Å². The fraction of sp³-hybridized carbons (Fsp3) is 0.105. The number of fused-ring (bicyclic) bond motifs is 3. The molecule has 2 heterocycles. The molecule has 1 amide bonds. The van der Waals surface area contributed by atoms with Gasteiger partial charge in [0.05, 0.1) is 10.9 Å². The highest BCUT2D eigenvalue weighted by Crippen LogP contribution is 2.30. The number of carbonyl (C=O) groups excluding carboxylic acids is 1. The molecule has 0 bridgehead atoms. The summed E-state index contributed by atoms with van der Waals surface area (Å²) in [5.41, 5.74) is 1.07. The summed E-state index contributed by atoms with van der Waals surface area (Å²) in [6, 6.07) is 8.16. The smallest absolute Gasteiger partial charge is 0.256 e. The average molecular weight is 385 g/mol. The molecule has 0 saturated carbocycles. The largest absolute Gasteiger partial charge is 0.358 e. The number of amides is 1. The van der Waals surface area contributed by atoms with Crippen LogP contribution in [-0.2, 0) is 7.05 Å². The molecule has 0 aliphatic heterocycles. The van der Waals surface area contributed by atoms with Crippen molar-refractivity contribution in [3.8, 4) is 11.4 Å². The minimum Gasteiger partial charge on any atom is -0.358 e. The number of nitrogens with one attached hydrogen (secondary N) is 2. The second-order valence-corrected chi connectivity index (χ2v) is 6.53. The molecule has 4 aromatic rings. The van der Waals surface area contributed by atoms with E-state index < -0.39 is 17.2 Å². The van der Waals surface area contributed by atoms with Crippen LogP contribution in [0, 0.1) is 5.82 Å². The van der Waals surface area contributed by atoms with E-state index in [0.29, 0.717) is 21.9 Å². The van der Waals surface area contributed by atoms with Crippen LogP contribution in [0.4, 0.5) is 4.39 Å². The van der Waals surface area contributed by atoms with Gasteiger partial charge >= 0.3 is 0 Å². The van der Waals surface area contributed by atoms with Crippen LogP contribution in [-0.4, -0.2) is 27.5 Å². The maximum atomic E-state index is 14.8. The molecule has 0 saturated heterocycles. The zero-order chi connectivity index (χ0) is 19.3. The number of halogens is 2. The Morgan fingerprint density at radius 3 is 2.67 bits per heavy atom. The molecule has 0 aliphatic rings. The van der Waals surface area contributed by atoms with Gasteiger partial charge in [0, 0.05) is 30.9 Å². The number of hydrogen-bond donors (Lipinski definition) is 2. The number of aromatic amines is 1. The monoisotopic (exact) mass is 384 g/mol. The molecule has 8 heteroatoms. The second kappa shape index (κ2) is 6.21. The minimum absolute atomic E-state index is 0.0712. The molecule has 0 unspecified atom stereocenters. The third kappa shape index (κ3) is 2.59. The molecule has 4 rings (SSSR count). The Balaban J connectivity index is 2.06. The van der Waals surface area contributed by atoms with Gasteiger partial charge in [-0.05, 0) is 30.3 Å². The van der Waals surface area contributed by atoms with Crippen molar-refractivity contribution in [1.29, 1.82) is 0 Å². The van der Waals surface area contributed by atoms with E-state index in [1.54, 1.807) is 35.9 Å². The fourth-order valence-electron chi connectivity index (χ4n) is 3.18. The van der Waals surface area contributed by atoms with Crippen molar-refractivity contribution in [1.82, 2.24) is 19.9 Å². The van der Waals surface area contributed by atoms with Crippen LogP contribution in [0.2, 0.25) is 5.02 Å². The van der Waals surface area contributed by atoms with Crippen molar-refractivity contribution in [3.05, 3.63) is 63.2 Å². The lowest BCUT2D eigenvalue weighted by Gasteiger charge is -2.05. The number of pyridine rings is 1. The molecule has 27 heavy (non-hydrogen) atoms. The lowest BCUT2D eigenvalue weighted by Crippen LogP contribution is -2.25. The molecule has 136 valence electrons. The Bertz CT molecular complexity index is 1280. The van der Waals surface area contributed by atoms with Crippen molar-refractivity contribution < 1.29 is 9.18 Å². The summed E-state index contributed by atoms with van der Waals surface area (Å²) in [5, 5.41) is 3.05. The van der Waals surface area contributed by atoms with Crippen LogP contribution in [0.1, 0.15) is 10.4 Å². The van der Waals surface area contributed by atoms with Crippen molar-refractivity contribution in [2.75, 3.05) is 7.05 Å². The highest BCUT2D eigenvalue weighted by Gasteiger charge is 2.20. The first-order valence-electron chi connectivity index (χ1n) is 8.10. The van der Waals surface area contributed by atoms with Crippen molar-refractivity contribution in [2.24, 2.45) is 7.05 Å². The van der Waals surface area contributed by atoms with Gasteiger partial charge in [-0.1, -0.05) is 11.6 Å². The Morgan fingerprint density at radius 1 is 1.30 bits per heavy atom. The number of imidazole rings is 1. The molecule has 2 aromatic heterocycles. The van der Waals surface area contributed by atoms with Crippen molar-refractivity contribution >= 4 is 39.4 Å². The van der Waals surface area contributed by atoms with Gasteiger partial charge in [-0.15, -0.1) is 0 Å². The normalized spacial score (nSPS) is 11.3. The average Bonchev–Trinajstić information content (AvgIpc) is 3.01. The SMILES string of the molecule is CNC(=O)c1c[nH]c2c(cc(F)c3c2nc(-c2ccc(Cl)cc2)n3C)c1=O. The van der Waals surface area contributed by atoms with Gasteiger partial charge in [0.25, 0.3) is 5.91 Å². The summed E-state index contributed by atoms with van der Waals surface area (Å²) in [6.07, 6.45) is 1.32. The number of carbonyl (C=O) groups is 1. The highest BCUT2D eigenvalue weighted by atomic mass is 35.5.